The molecule has 0 amide bonds. The normalized spacial score (nSPS) is 10.2. The SMILES string of the molecule is COC(=O)c1sc(-c2ccc(N)cc2)cc1N. The molecule has 1 aromatic heterocycles. The number of anilines is 2. The molecule has 88 valence electrons. The van der Waals surface area contributed by atoms with E-state index in [0.29, 0.717) is 16.3 Å². The number of carbonyl (C=O) groups excluding carboxylic acids is 1. The second kappa shape index (κ2) is 4.47. The zero-order chi connectivity index (χ0) is 12.4. The number of rotatable bonds is 2. The van der Waals surface area contributed by atoms with Gasteiger partial charge in [-0.15, -0.1) is 11.3 Å². The van der Waals surface area contributed by atoms with Crippen molar-refractivity contribution in [3.8, 4) is 10.4 Å². The number of carbonyl (C=O) groups is 1. The van der Waals surface area contributed by atoms with Crippen LogP contribution in [-0.4, -0.2) is 13.1 Å². The van der Waals surface area contributed by atoms with Crippen LogP contribution in [0.25, 0.3) is 10.4 Å². The minimum absolute atomic E-state index is 0.408. The molecule has 17 heavy (non-hydrogen) atoms. The third-order valence-electron chi connectivity index (χ3n) is 2.33. The summed E-state index contributed by atoms with van der Waals surface area (Å²) in [5.74, 6) is -0.408. The molecular weight excluding hydrogens is 236 g/mol. The summed E-state index contributed by atoms with van der Waals surface area (Å²) in [7, 11) is 1.34. The van der Waals surface area contributed by atoms with E-state index in [0.717, 1.165) is 10.4 Å². The second-order valence-electron chi connectivity index (χ2n) is 3.51. The number of nitrogen functional groups attached to an aromatic ring is 2. The molecule has 4 nitrogen and oxygen atoms in total. The summed E-state index contributed by atoms with van der Waals surface area (Å²) in [6, 6.07) is 9.16. The van der Waals surface area contributed by atoms with Gasteiger partial charge in [0.25, 0.3) is 0 Å². The van der Waals surface area contributed by atoms with Crippen molar-refractivity contribution in [1.29, 1.82) is 0 Å². The van der Waals surface area contributed by atoms with Gasteiger partial charge in [0, 0.05) is 10.6 Å². The lowest BCUT2D eigenvalue weighted by atomic mass is 10.2. The van der Waals surface area contributed by atoms with E-state index in [1.165, 1.54) is 18.4 Å². The molecule has 0 aliphatic carbocycles. The van der Waals surface area contributed by atoms with Crippen molar-refractivity contribution in [2.75, 3.05) is 18.6 Å². The Bertz CT molecular complexity index is 546. The summed E-state index contributed by atoms with van der Waals surface area (Å²) in [5, 5.41) is 0. The molecule has 0 bridgehead atoms. The van der Waals surface area contributed by atoms with Gasteiger partial charge in [0.15, 0.2) is 0 Å². The summed E-state index contributed by atoms with van der Waals surface area (Å²) in [4.78, 5) is 12.8. The maximum Gasteiger partial charge on any atom is 0.350 e. The molecule has 0 saturated heterocycles. The van der Waals surface area contributed by atoms with Crippen LogP contribution in [0.5, 0.6) is 0 Å². The van der Waals surface area contributed by atoms with Crippen molar-refractivity contribution < 1.29 is 9.53 Å². The Morgan fingerprint density at radius 1 is 1.24 bits per heavy atom. The van der Waals surface area contributed by atoms with Gasteiger partial charge < -0.3 is 16.2 Å². The quantitative estimate of drug-likeness (QED) is 0.631. The fraction of sp³-hybridized carbons (Fsp3) is 0.0833. The molecule has 0 spiro atoms. The van der Waals surface area contributed by atoms with E-state index in [4.69, 9.17) is 11.5 Å². The van der Waals surface area contributed by atoms with E-state index < -0.39 is 5.97 Å². The highest BCUT2D eigenvalue weighted by Crippen LogP contribution is 2.33. The van der Waals surface area contributed by atoms with E-state index in [2.05, 4.69) is 4.74 Å². The first kappa shape index (κ1) is 11.5. The van der Waals surface area contributed by atoms with Gasteiger partial charge in [-0.25, -0.2) is 4.79 Å². The summed E-state index contributed by atoms with van der Waals surface area (Å²) in [6.45, 7) is 0. The maximum absolute atomic E-state index is 11.4. The van der Waals surface area contributed by atoms with Crippen molar-refractivity contribution in [3.63, 3.8) is 0 Å². The third-order valence-corrected chi connectivity index (χ3v) is 3.51. The van der Waals surface area contributed by atoms with Gasteiger partial charge in [-0.05, 0) is 23.8 Å². The third kappa shape index (κ3) is 2.24. The smallest absolute Gasteiger partial charge is 0.350 e. The van der Waals surface area contributed by atoms with E-state index >= 15 is 0 Å². The van der Waals surface area contributed by atoms with Crippen LogP contribution in [0.1, 0.15) is 9.67 Å². The van der Waals surface area contributed by atoms with Crippen molar-refractivity contribution in [2.24, 2.45) is 0 Å². The van der Waals surface area contributed by atoms with Gasteiger partial charge in [0.2, 0.25) is 0 Å². The lowest BCUT2D eigenvalue weighted by molar-refractivity contribution is 0.0607. The van der Waals surface area contributed by atoms with E-state index in [1.807, 2.05) is 24.3 Å². The first-order valence-corrected chi connectivity index (χ1v) is 5.77. The number of hydrogen-bond acceptors (Lipinski definition) is 5. The van der Waals surface area contributed by atoms with Crippen molar-refractivity contribution in [2.45, 2.75) is 0 Å². The van der Waals surface area contributed by atoms with E-state index in [-0.39, 0.29) is 0 Å². The molecule has 0 radical (unpaired) electrons. The summed E-state index contributed by atoms with van der Waals surface area (Å²) < 4.78 is 4.66. The number of nitrogens with two attached hydrogens (primary N) is 2. The first-order chi connectivity index (χ1) is 8.11. The van der Waals surface area contributed by atoms with Crippen molar-refractivity contribution in [3.05, 3.63) is 35.2 Å². The standard InChI is InChI=1S/C12H12N2O2S/c1-16-12(15)11-9(14)6-10(17-11)7-2-4-8(13)5-3-7/h2-6H,13-14H2,1H3. The molecule has 0 aliphatic heterocycles. The molecule has 0 unspecified atom stereocenters. The lowest BCUT2D eigenvalue weighted by Gasteiger charge is -1.97. The molecule has 0 fully saturated rings. The van der Waals surface area contributed by atoms with Crippen LogP contribution in [0.15, 0.2) is 30.3 Å². The highest BCUT2D eigenvalue weighted by molar-refractivity contribution is 7.18. The Morgan fingerprint density at radius 3 is 2.47 bits per heavy atom. The Balaban J connectivity index is 2.41. The Labute approximate surface area is 103 Å². The van der Waals surface area contributed by atoms with Crippen LogP contribution < -0.4 is 11.5 Å². The van der Waals surface area contributed by atoms with Gasteiger partial charge in [0.1, 0.15) is 4.88 Å². The number of methoxy groups -OCH3 is 1. The predicted octanol–water partition coefficient (Wildman–Crippen LogP) is 2.37. The Hall–Kier alpha value is -2.01. The molecule has 0 aliphatic rings. The lowest BCUT2D eigenvalue weighted by Crippen LogP contribution is -2.00. The molecule has 1 heterocycles. The van der Waals surface area contributed by atoms with Crippen LogP contribution >= 0.6 is 11.3 Å². The Morgan fingerprint density at radius 2 is 1.88 bits per heavy atom. The fourth-order valence-electron chi connectivity index (χ4n) is 1.45. The molecule has 2 aromatic rings. The van der Waals surface area contributed by atoms with Gasteiger partial charge in [-0.2, -0.15) is 0 Å². The first-order valence-electron chi connectivity index (χ1n) is 4.95. The van der Waals surface area contributed by atoms with Crippen LogP contribution in [0.2, 0.25) is 0 Å². The molecule has 1 aromatic carbocycles. The van der Waals surface area contributed by atoms with Gasteiger partial charge in [0.05, 0.1) is 12.8 Å². The topological polar surface area (TPSA) is 78.3 Å². The zero-order valence-corrected chi connectivity index (χ0v) is 10.1. The van der Waals surface area contributed by atoms with Crippen molar-refractivity contribution in [1.82, 2.24) is 0 Å². The predicted molar refractivity (Wildman–Crippen MR) is 69.9 cm³/mol. The molecule has 2 rings (SSSR count). The highest BCUT2D eigenvalue weighted by Gasteiger charge is 2.15. The number of hydrogen-bond donors (Lipinski definition) is 2. The van der Waals surface area contributed by atoms with Crippen LogP contribution in [-0.2, 0) is 4.74 Å². The summed E-state index contributed by atoms with van der Waals surface area (Å²) >= 11 is 1.31. The number of esters is 1. The number of thiophene rings is 1. The fourth-order valence-corrected chi connectivity index (χ4v) is 2.45. The van der Waals surface area contributed by atoms with Gasteiger partial charge >= 0.3 is 5.97 Å². The molecule has 0 saturated carbocycles. The average Bonchev–Trinajstić information content (AvgIpc) is 2.71. The van der Waals surface area contributed by atoms with Gasteiger partial charge in [-0.3, -0.25) is 0 Å². The largest absolute Gasteiger partial charge is 0.465 e. The average molecular weight is 248 g/mol. The van der Waals surface area contributed by atoms with Crippen LogP contribution in [0.3, 0.4) is 0 Å². The minimum atomic E-state index is -0.408. The maximum atomic E-state index is 11.4. The second-order valence-corrected chi connectivity index (χ2v) is 4.56. The van der Waals surface area contributed by atoms with Crippen LogP contribution in [0, 0.1) is 0 Å². The minimum Gasteiger partial charge on any atom is -0.465 e. The molecule has 0 atom stereocenters. The number of benzene rings is 1. The van der Waals surface area contributed by atoms with Crippen LogP contribution in [0.4, 0.5) is 11.4 Å². The zero-order valence-electron chi connectivity index (χ0n) is 9.27. The summed E-state index contributed by atoms with van der Waals surface area (Å²) in [5.41, 5.74) is 13.5. The number of ether oxygens (including phenoxy) is 1. The molecule has 5 heteroatoms. The molecule has 4 N–H and O–H groups in total. The van der Waals surface area contributed by atoms with Gasteiger partial charge in [-0.1, -0.05) is 12.1 Å². The molecular formula is C12H12N2O2S. The van der Waals surface area contributed by atoms with E-state index in [9.17, 15) is 4.79 Å². The monoisotopic (exact) mass is 248 g/mol. The highest BCUT2D eigenvalue weighted by atomic mass is 32.1. The Kier molecular flexibility index (Phi) is 3.01. The van der Waals surface area contributed by atoms with E-state index in [1.54, 1.807) is 6.07 Å². The van der Waals surface area contributed by atoms with Crippen molar-refractivity contribution >= 4 is 28.7 Å². The summed E-state index contributed by atoms with van der Waals surface area (Å²) in [6.07, 6.45) is 0.